The Morgan fingerprint density at radius 3 is 3.00 bits per heavy atom. The summed E-state index contributed by atoms with van der Waals surface area (Å²) in [5.74, 6) is 2.73. The van der Waals surface area contributed by atoms with Crippen LogP contribution in [-0.4, -0.2) is 36.5 Å². The number of amides is 1. The van der Waals surface area contributed by atoms with Gasteiger partial charge in [-0.05, 0) is 25.1 Å². The van der Waals surface area contributed by atoms with Gasteiger partial charge in [0.05, 0.1) is 0 Å². The summed E-state index contributed by atoms with van der Waals surface area (Å²) in [6, 6.07) is 0.387. The van der Waals surface area contributed by atoms with E-state index in [1.54, 1.807) is 0 Å². The Morgan fingerprint density at radius 2 is 2.38 bits per heavy atom. The van der Waals surface area contributed by atoms with Gasteiger partial charge < -0.3 is 10.6 Å². The number of carbonyl (C=O) groups excluding carboxylic acids is 1. The van der Waals surface area contributed by atoms with E-state index in [0.29, 0.717) is 6.04 Å². The van der Waals surface area contributed by atoms with E-state index < -0.39 is 0 Å². The average molecular weight is 200 g/mol. The molecule has 3 nitrogen and oxygen atoms in total. The van der Waals surface area contributed by atoms with Crippen LogP contribution in [0.25, 0.3) is 0 Å². The summed E-state index contributed by atoms with van der Waals surface area (Å²) in [6.07, 6.45) is 2.16. The van der Waals surface area contributed by atoms with Gasteiger partial charge in [0, 0.05) is 24.3 Å². The van der Waals surface area contributed by atoms with Crippen LogP contribution < -0.4 is 10.6 Å². The molecule has 0 radical (unpaired) electrons. The highest BCUT2D eigenvalue weighted by molar-refractivity contribution is 7.99. The van der Waals surface area contributed by atoms with Crippen molar-refractivity contribution in [3.8, 4) is 0 Å². The van der Waals surface area contributed by atoms with Crippen molar-refractivity contribution in [1.29, 1.82) is 0 Å². The molecule has 0 spiro atoms. The fraction of sp³-hybridized carbons (Fsp3) is 0.889. The van der Waals surface area contributed by atoms with E-state index in [-0.39, 0.29) is 11.8 Å². The zero-order chi connectivity index (χ0) is 9.10. The van der Waals surface area contributed by atoms with Crippen molar-refractivity contribution in [1.82, 2.24) is 10.6 Å². The zero-order valence-corrected chi connectivity index (χ0v) is 8.53. The van der Waals surface area contributed by atoms with Crippen LogP contribution in [0.15, 0.2) is 0 Å². The van der Waals surface area contributed by atoms with Crippen LogP contribution in [0.1, 0.15) is 12.8 Å². The van der Waals surface area contributed by atoms with E-state index in [1.807, 2.05) is 11.8 Å². The molecule has 13 heavy (non-hydrogen) atoms. The van der Waals surface area contributed by atoms with Gasteiger partial charge in [-0.15, -0.1) is 0 Å². The standard InChI is InChI=1S/C9H16N2OS/c12-9(7-2-4-13-6-7)11-8-1-3-10-5-8/h7-8,10H,1-6H2,(H,11,12)/t7?,8-/m1/s1. The molecule has 2 rings (SSSR count). The quantitative estimate of drug-likeness (QED) is 0.670. The molecule has 0 aromatic rings. The maximum Gasteiger partial charge on any atom is 0.224 e. The third-order valence-electron chi connectivity index (χ3n) is 2.71. The van der Waals surface area contributed by atoms with E-state index in [4.69, 9.17) is 0 Å². The van der Waals surface area contributed by atoms with Crippen molar-refractivity contribution in [2.45, 2.75) is 18.9 Å². The summed E-state index contributed by atoms with van der Waals surface area (Å²) >= 11 is 1.89. The molecule has 1 unspecified atom stereocenters. The number of hydrogen-bond acceptors (Lipinski definition) is 3. The minimum atomic E-state index is 0.277. The van der Waals surface area contributed by atoms with E-state index in [9.17, 15) is 4.79 Å². The Balaban J connectivity index is 1.76. The molecule has 1 amide bonds. The van der Waals surface area contributed by atoms with Gasteiger partial charge in [-0.2, -0.15) is 11.8 Å². The van der Waals surface area contributed by atoms with Gasteiger partial charge in [0.15, 0.2) is 0 Å². The summed E-state index contributed by atoms with van der Waals surface area (Å²) in [4.78, 5) is 11.6. The SMILES string of the molecule is O=C(N[C@@H]1CCNC1)C1CCSC1. The summed E-state index contributed by atoms with van der Waals surface area (Å²) in [5.41, 5.74) is 0. The minimum absolute atomic E-state index is 0.277. The molecule has 74 valence electrons. The van der Waals surface area contributed by atoms with E-state index in [1.165, 1.54) is 0 Å². The van der Waals surface area contributed by atoms with Gasteiger partial charge in [-0.25, -0.2) is 0 Å². The number of rotatable bonds is 2. The fourth-order valence-corrected chi connectivity index (χ4v) is 3.06. The number of carbonyl (C=O) groups is 1. The molecule has 0 bridgehead atoms. The highest BCUT2D eigenvalue weighted by atomic mass is 32.2. The molecule has 0 aromatic carbocycles. The first-order valence-corrected chi connectivity index (χ1v) is 6.10. The van der Waals surface area contributed by atoms with Crippen molar-refractivity contribution in [3.05, 3.63) is 0 Å². The average Bonchev–Trinajstić information content (AvgIpc) is 2.74. The highest BCUT2D eigenvalue weighted by Crippen LogP contribution is 2.23. The first-order valence-electron chi connectivity index (χ1n) is 4.95. The van der Waals surface area contributed by atoms with Gasteiger partial charge in [-0.1, -0.05) is 0 Å². The van der Waals surface area contributed by atoms with Gasteiger partial charge in [0.1, 0.15) is 0 Å². The second kappa shape index (κ2) is 4.33. The van der Waals surface area contributed by atoms with Crippen LogP contribution >= 0.6 is 11.8 Å². The molecular weight excluding hydrogens is 184 g/mol. The van der Waals surface area contributed by atoms with Crippen molar-refractivity contribution >= 4 is 17.7 Å². The second-order valence-corrected chi connectivity index (χ2v) is 4.91. The summed E-state index contributed by atoms with van der Waals surface area (Å²) in [6.45, 7) is 2.00. The molecule has 2 N–H and O–H groups in total. The predicted octanol–water partition coefficient (Wildman–Crippen LogP) is 0.218. The van der Waals surface area contributed by atoms with Gasteiger partial charge >= 0.3 is 0 Å². The highest BCUT2D eigenvalue weighted by Gasteiger charge is 2.25. The first kappa shape index (κ1) is 9.34. The smallest absolute Gasteiger partial charge is 0.224 e. The van der Waals surface area contributed by atoms with E-state index >= 15 is 0 Å². The lowest BCUT2D eigenvalue weighted by molar-refractivity contribution is -0.124. The molecule has 2 aliphatic heterocycles. The maximum absolute atomic E-state index is 11.6. The van der Waals surface area contributed by atoms with Crippen LogP contribution in [0.5, 0.6) is 0 Å². The molecule has 2 fully saturated rings. The molecule has 0 saturated carbocycles. The topological polar surface area (TPSA) is 41.1 Å². The number of thioether (sulfide) groups is 1. The monoisotopic (exact) mass is 200 g/mol. The minimum Gasteiger partial charge on any atom is -0.352 e. The van der Waals surface area contributed by atoms with Crippen molar-refractivity contribution < 1.29 is 4.79 Å². The van der Waals surface area contributed by atoms with Crippen LogP contribution in [0.4, 0.5) is 0 Å². The summed E-state index contributed by atoms with van der Waals surface area (Å²) in [7, 11) is 0. The Bertz CT molecular complexity index is 186. The third kappa shape index (κ3) is 2.38. The zero-order valence-electron chi connectivity index (χ0n) is 7.71. The van der Waals surface area contributed by atoms with Crippen molar-refractivity contribution in [3.63, 3.8) is 0 Å². The van der Waals surface area contributed by atoms with Crippen LogP contribution in [0, 0.1) is 5.92 Å². The second-order valence-electron chi connectivity index (χ2n) is 3.76. The van der Waals surface area contributed by atoms with Gasteiger partial charge in [-0.3, -0.25) is 4.79 Å². The van der Waals surface area contributed by atoms with Gasteiger partial charge in [0.2, 0.25) is 5.91 Å². The molecule has 2 saturated heterocycles. The predicted molar refractivity (Wildman–Crippen MR) is 54.8 cm³/mol. The number of hydrogen-bond donors (Lipinski definition) is 2. The lowest BCUT2D eigenvalue weighted by Crippen LogP contribution is -2.40. The number of nitrogens with one attached hydrogen (secondary N) is 2. The Labute approximate surface area is 83.0 Å². The van der Waals surface area contributed by atoms with Crippen LogP contribution in [0.3, 0.4) is 0 Å². The molecule has 2 aliphatic rings. The van der Waals surface area contributed by atoms with Gasteiger partial charge in [0.25, 0.3) is 0 Å². The molecule has 2 atom stereocenters. The molecular formula is C9H16N2OS. The van der Waals surface area contributed by atoms with E-state index in [2.05, 4.69) is 10.6 Å². The lowest BCUT2D eigenvalue weighted by Gasteiger charge is -2.14. The Kier molecular flexibility index (Phi) is 3.11. The molecule has 0 aliphatic carbocycles. The first-order chi connectivity index (χ1) is 6.36. The lowest BCUT2D eigenvalue weighted by atomic mass is 10.1. The van der Waals surface area contributed by atoms with Crippen molar-refractivity contribution in [2.75, 3.05) is 24.6 Å². The Morgan fingerprint density at radius 1 is 1.46 bits per heavy atom. The third-order valence-corrected chi connectivity index (χ3v) is 3.87. The maximum atomic E-state index is 11.6. The molecule has 2 heterocycles. The molecule has 4 heteroatoms. The van der Waals surface area contributed by atoms with Crippen LogP contribution in [0.2, 0.25) is 0 Å². The van der Waals surface area contributed by atoms with E-state index in [0.717, 1.165) is 37.4 Å². The normalized spacial score (nSPS) is 33.5. The summed E-state index contributed by atoms with van der Waals surface area (Å²) in [5, 5.41) is 6.35. The summed E-state index contributed by atoms with van der Waals surface area (Å²) < 4.78 is 0. The molecule has 0 aromatic heterocycles. The Hall–Kier alpha value is -0.220. The fourth-order valence-electron chi connectivity index (χ4n) is 1.84. The van der Waals surface area contributed by atoms with Crippen LogP contribution in [-0.2, 0) is 4.79 Å². The van der Waals surface area contributed by atoms with Crippen molar-refractivity contribution in [2.24, 2.45) is 5.92 Å². The largest absolute Gasteiger partial charge is 0.352 e.